The molecule has 1 aliphatic heterocycles. The van der Waals surface area contributed by atoms with Crippen LogP contribution in [-0.2, 0) is 6.54 Å². The fourth-order valence-electron chi connectivity index (χ4n) is 2.76. The lowest BCUT2D eigenvalue weighted by molar-refractivity contribution is 0.0944. The van der Waals surface area contributed by atoms with Crippen LogP contribution < -0.4 is 10.2 Å². The highest BCUT2D eigenvalue weighted by molar-refractivity contribution is 5.92. The molecule has 1 fully saturated rings. The van der Waals surface area contributed by atoms with Crippen molar-refractivity contribution in [1.82, 2.24) is 15.5 Å². The van der Waals surface area contributed by atoms with E-state index in [1.165, 1.54) is 6.07 Å². The molecule has 24 heavy (non-hydrogen) atoms. The van der Waals surface area contributed by atoms with Crippen molar-refractivity contribution >= 4 is 11.7 Å². The Hall–Kier alpha value is -2.50. The third kappa shape index (κ3) is 3.88. The summed E-state index contributed by atoms with van der Waals surface area (Å²) in [5.74, 6) is 0.855. The van der Waals surface area contributed by atoms with Crippen LogP contribution in [0.1, 0.15) is 35.8 Å². The standard InChI is InChI=1S/C18H21FN4O/c1-13-8-10-23(11-9-13)17-7-6-16(21-22-17)18(24)20-12-14-4-2-3-5-15(14)19/h2-7,13H,8-12H2,1H3,(H,20,24). The maximum Gasteiger partial charge on any atom is 0.272 e. The SMILES string of the molecule is CC1CCN(c2ccc(C(=O)NCc3ccccc3F)nn2)CC1. The molecule has 0 unspecified atom stereocenters. The number of aromatic nitrogens is 2. The Labute approximate surface area is 140 Å². The van der Waals surface area contributed by atoms with E-state index in [-0.39, 0.29) is 24.0 Å². The minimum absolute atomic E-state index is 0.124. The van der Waals surface area contributed by atoms with E-state index < -0.39 is 0 Å². The predicted octanol–water partition coefficient (Wildman–Crippen LogP) is 2.78. The van der Waals surface area contributed by atoms with Gasteiger partial charge in [-0.2, -0.15) is 0 Å². The van der Waals surface area contributed by atoms with Gasteiger partial charge in [0.15, 0.2) is 11.5 Å². The fraction of sp³-hybridized carbons (Fsp3) is 0.389. The first-order valence-electron chi connectivity index (χ1n) is 8.24. The zero-order valence-electron chi connectivity index (χ0n) is 13.7. The van der Waals surface area contributed by atoms with E-state index in [1.54, 1.807) is 24.3 Å². The van der Waals surface area contributed by atoms with Gasteiger partial charge in [0.2, 0.25) is 0 Å². The van der Waals surface area contributed by atoms with E-state index in [0.29, 0.717) is 5.56 Å². The first-order valence-corrected chi connectivity index (χ1v) is 8.24. The van der Waals surface area contributed by atoms with Gasteiger partial charge in [-0.3, -0.25) is 4.79 Å². The Bertz CT molecular complexity index is 696. The summed E-state index contributed by atoms with van der Waals surface area (Å²) in [5, 5.41) is 10.8. The molecule has 1 amide bonds. The summed E-state index contributed by atoms with van der Waals surface area (Å²) in [6.07, 6.45) is 2.29. The number of halogens is 1. The van der Waals surface area contributed by atoms with Gasteiger partial charge >= 0.3 is 0 Å². The number of hydrogen-bond acceptors (Lipinski definition) is 4. The minimum Gasteiger partial charge on any atom is -0.355 e. The number of anilines is 1. The first kappa shape index (κ1) is 16.4. The normalized spacial score (nSPS) is 15.3. The molecular formula is C18H21FN4O. The van der Waals surface area contributed by atoms with Gasteiger partial charge < -0.3 is 10.2 Å². The van der Waals surface area contributed by atoms with Crippen LogP contribution in [0.3, 0.4) is 0 Å². The van der Waals surface area contributed by atoms with Crippen molar-refractivity contribution in [2.24, 2.45) is 5.92 Å². The maximum atomic E-state index is 13.5. The molecule has 2 heterocycles. The van der Waals surface area contributed by atoms with E-state index in [2.05, 4.69) is 27.3 Å². The number of carbonyl (C=O) groups is 1. The van der Waals surface area contributed by atoms with Crippen LogP contribution in [0.25, 0.3) is 0 Å². The van der Waals surface area contributed by atoms with Crippen LogP contribution in [0.4, 0.5) is 10.2 Å². The highest BCUT2D eigenvalue weighted by Crippen LogP contribution is 2.20. The number of benzene rings is 1. The molecule has 0 atom stereocenters. The minimum atomic E-state index is -0.357. The summed E-state index contributed by atoms with van der Waals surface area (Å²) in [7, 11) is 0. The van der Waals surface area contributed by atoms with Crippen molar-refractivity contribution in [1.29, 1.82) is 0 Å². The number of hydrogen-bond donors (Lipinski definition) is 1. The average molecular weight is 328 g/mol. The maximum absolute atomic E-state index is 13.5. The quantitative estimate of drug-likeness (QED) is 0.937. The highest BCUT2D eigenvalue weighted by Gasteiger charge is 2.18. The van der Waals surface area contributed by atoms with Crippen LogP contribution in [0, 0.1) is 11.7 Å². The second kappa shape index (κ2) is 7.38. The molecule has 1 aromatic carbocycles. The van der Waals surface area contributed by atoms with Gasteiger partial charge in [-0.05, 0) is 37.0 Å². The summed E-state index contributed by atoms with van der Waals surface area (Å²) in [4.78, 5) is 14.3. The monoisotopic (exact) mass is 328 g/mol. The van der Waals surface area contributed by atoms with E-state index in [9.17, 15) is 9.18 Å². The molecule has 0 aliphatic carbocycles. The topological polar surface area (TPSA) is 58.1 Å². The van der Waals surface area contributed by atoms with Crippen LogP contribution in [0.2, 0.25) is 0 Å². The zero-order chi connectivity index (χ0) is 16.9. The van der Waals surface area contributed by atoms with Crippen molar-refractivity contribution in [3.05, 3.63) is 53.5 Å². The second-order valence-electron chi connectivity index (χ2n) is 6.22. The van der Waals surface area contributed by atoms with Gasteiger partial charge in [0, 0.05) is 25.2 Å². The van der Waals surface area contributed by atoms with E-state index in [1.807, 2.05) is 6.07 Å². The molecule has 1 aliphatic rings. The third-order valence-electron chi connectivity index (χ3n) is 4.39. The number of amides is 1. The molecule has 0 spiro atoms. The van der Waals surface area contributed by atoms with Gasteiger partial charge in [-0.25, -0.2) is 4.39 Å². The molecule has 0 saturated carbocycles. The Balaban J connectivity index is 1.59. The molecule has 1 aromatic heterocycles. The van der Waals surface area contributed by atoms with E-state index in [0.717, 1.165) is 37.7 Å². The van der Waals surface area contributed by atoms with Gasteiger partial charge in [0.25, 0.3) is 5.91 Å². The Morgan fingerprint density at radius 3 is 2.62 bits per heavy atom. The molecule has 3 rings (SSSR count). The number of nitrogens with one attached hydrogen (secondary N) is 1. The van der Waals surface area contributed by atoms with E-state index in [4.69, 9.17) is 0 Å². The summed E-state index contributed by atoms with van der Waals surface area (Å²) in [6, 6.07) is 9.85. The van der Waals surface area contributed by atoms with Crippen molar-refractivity contribution in [2.45, 2.75) is 26.3 Å². The van der Waals surface area contributed by atoms with E-state index >= 15 is 0 Å². The van der Waals surface area contributed by atoms with Crippen molar-refractivity contribution in [2.75, 3.05) is 18.0 Å². The Morgan fingerprint density at radius 2 is 1.96 bits per heavy atom. The molecular weight excluding hydrogens is 307 g/mol. The Kier molecular flexibility index (Phi) is 5.03. The van der Waals surface area contributed by atoms with Crippen LogP contribution in [0.15, 0.2) is 36.4 Å². The molecule has 0 radical (unpaired) electrons. The van der Waals surface area contributed by atoms with Gasteiger partial charge in [-0.1, -0.05) is 25.1 Å². The van der Waals surface area contributed by atoms with Crippen molar-refractivity contribution in [3.63, 3.8) is 0 Å². The van der Waals surface area contributed by atoms with Crippen molar-refractivity contribution < 1.29 is 9.18 Å². The number of piperidine rings is 1. The molecule has 5 nitrogen and oxygen atoms in total. The van der Waals surface area contributed by atoms with Crippen molar-refractivity contribution in [3.8, 4) is 0 Å². The van der Waals surface area contributed by atoms with Gasteiger partial charge in [0.1, 0.15) is 5.82 Å². The zero-order valence-corrected chi connectivity index (χ0v) is 13.7. The molecule has 1 saturated heterocycles. The average Bonchev–Trinajstić information content (AvgIpc) is 2.62. The summed E-state index contributed by atoms with van der Waals surface area (Å²) in [5.41, 5.74) is 0.679. The third-order valence-corrected chi connectivity index (χ3v) is 4.39. The van der Waals surface area contributed by atoms with Gasteiger partial charge in [-0.15, -0.1) is 10.2 Å². The fourth-order valence-corrected chi connectivity index (χ4v) is 2.76. The number of carbonyl (C=O) groups excluding carboxylic acids is 1. The van der Waals surface area contributed by atoms with Crippen LogP contribution >= 0.6 is 0 Å². The van der Waals surface area contributed by atoms with Crippen LogP contribution in [-0.4, -0.2) is 29.2 Å². The first-order chi connectivity index (χ1) is 11.6. The molecule has 0 bridgehead atoms. The lowest BCUT2D eigenvalue weighted by atomic mass is 9.99. The predicted molar refractivity (Wildman–Crippen MR) is 90.2 cm³/mol. The number of nitrogens with zero attached hydrogens (tertiary/aromatic N) is 3. The Morgan fingerprint density at radius 1 is 1.21 bits per heavy atom. The molecule has 126 valence electrons. The largest absolute Gasteiger partial charge is 0.355 e. The van der Waals surface area contributed by atoms with Gasteiger partial charge in [0.05, 0.1) is 0 Å². The van der Waals surface area contributed by atoms with Crippen LogP contribution in [0.5, 0.6) is 0 Å². The summed E-state index contributed by atoms with van der Waals surface area (Å²) in [6.45, 7) is 4.31. The molecule has 1 N–H and O–H groups in total. The summed E-state index contributed by atoms with van der Waals surface area (Å²) < 4.78 is 13.5. The summed E-state index contributed by atoms with van der Waals surface area (Å²) >= 11 is 0. The molecule has 6 heteroatoms. The lowest BCUT2D eigenvalue weighted by Gasteiger charge is -2.30. The second-order valence-corrected chi connectivity index (χ2v) is 6.22. The number of rotatable bonds is 4. The smallest absolute Gasteiger partial charge is 0.272 e. The lowest BCUT2D eigenvalue weighted by Crippen LogP contribution is -2.33. The molecule has 2 aromatic rings. The highest BCUT2D eigenvalue weighted by atomic mass is 19.1.